The van der Waals surface area contributed by atoms with Crippen molar-refractivity contribution in [3.63, 3.8) is 0 Å². The molecule has 9 heteroatoms. The van der Waals surface area contributed by atoms with E-state index in [9.17, 15) is 13.2 Å². The van der Waals surface area contributed by atoms with Crippen LogP contribution in [0.4, 0.5) is 0 Å². The van der Waals surface area contributed by atoms with Crippen molar-refractivity contribution in [2.75, 3.05) is 0 Å². The molecule has 2 aromatic carbocycles. The zero-order chi connectivity index (χ0) is 19.6. The lowest BCUT2D eigenvalue weighted by atomic mass is 10.2. The second-order valence-electron chi connectivity index (χ2n) is 5.77. The highest BCUT2D eigenvalue weighted by atomic mass is 79.9. The van der Waals surface area contributed by atoms with Gasteiger partial charge in [0.15, 0.2) is 0 Å². The number of nitrogens with zero attached hydrogens (tertiary/aromatic N) is 1. The molecule has 0 saturated carbocycles. The Kier molecular flexibility index (Phi) is 5.75. The molecule has 3 rings (SSSR count). The number of hydrogen-bond donors (Lipinski definition) is 2. The molecule has 140 valence electrons. The van der Waals surface area contributed by atoms with Crippen molar-refractivity contribution in [2.24, 2.45) is 0 Å². The molecule has 0 aliphatic heterocycles. The Bertz CT molecular complexity index is 1100. The summed E-state index contributed by atoms with van der Waals surface area (Å²) in [4.78, 5) is 19.4. The van der Waals surface area contributed by atoms with E-state index in [1.54, 1.807) is 19.9 Å². The van der Waals surface area contributed by atoms with Crippen LogP contribution in [0.25, 0.3) is 10.6 Å². The Morgan fingerprint density at radius 3 is 2.48 bits per heavy atom. The average Bonchev–Trinajstić information content (AvgIpc) is 3.04. The number of halogens is 1. The molecule has 0 radical (unpaired) electrons. The highest BCUT2D eigenvalue weighted by Gasteiger charge is 2.20. The van der Waals surface area contributed by atoms with Crippen molar-refractivity contribution < 1.29 is 13.2 Å². The van der Waals surface area contributed by atoms with E-state index in [1.807, 2.05) is 30.3 Å². The van der Waals surface area contributed by atoms with E-state index >= 15 is 0 Å². The van der Waals surface area contributed by atoms with Gasteiger partial charge < -0.3 is 0 Å². The highest BCUT2D eigenvalue weighted by Crippen LogP contribution is 2.27. The molecule has 0 spiro atoms. The van der Waals surface area contributed by atoms with Crippen molar-refractivity contribution in [1.29, 1.82) is 0 Å². The van der Waals surface area contributed by atoms with Gasteiger partial charge in [0.1, 0.15) is 9.88 Å². The Morgan fingerprint density at radius 1 is 1.11 bits per heavy atom. The van der Waals surface area contributed by atoms with Crippen LogP contribution in [0.5, 0.6) is 0 Å². The number of nitrogens with one attached hydrogen (secondary N) is 2. The zero-order valence-corrected chi connectivity index (χ0v) is 17.7. The fraction of sp³-hybridized carbons (Fsp3) is 0.111. The van der Waals surface area contributed by atoms with Gasteiger partial charge in [0.25, 0.3) is 15.9 Å². The van der Waals surface area contributed by atoms with Gasteiger partial charge in [0.2, 0.25) is 0 Å². The van der Waals surface area contributed by atoms with Crippen molar-refractivity contribution in [3.8, 4) is 10.6 Å². The lowest BCUT2D eigenvalue weighted by molar-refractivity contribution is 0.0948. The number of thiazole rings is 1. The number of amides is 1. The molecular weight excluding hydrogens is 450 g/mol. The van der Waals surface area contributed by atoms with Gasteiger partial charge in [-0.25, -0.2) is 13.4 Å². The Labute approximate surface area is 169 Å². The SMILES string of the molecule is Cc1cc(S(=O)(=O)NNC(=O)c2sc(-c3ccccc3)nc2C)ccc1Br. The minimum Gasteiger partial charge on any atom is -0.273 e. The molecule has 0 unspecified atom stereocenters. The monoisotopic (exact) mass is 465 g/mol. The van der Waals surface area contributed by atoms with Crippen LogP contribution in [0.2, 0.25) is 0 Å². The molecule has 0 atom stereocenters. The van der Waals surface area contributed by atoms with Crippen LogP contribution >= 0.6 is 27.3 Å². The lowest BCUT2D eigenvalue weighted by Crippen LogP contribution is -2.41. The lowest BCUT2D eigenvalue weighted by Gasteiger charge is -2.09. The number of benzene rings is 2. The number of rotatable bonds is 5. The maximum atomic E-state index is 12.4. The van der Waals surface area contributed by atoms with Crippen LogP contribution < -0.4 is 10.3 Å². The second-order valence-corrected chi connectivity index (χ2v) is 9.31. The van der Waals surface area contributed by atoms with E-state index in [4.69, 9.17) is 0 Å². The second kappa shape index (κ2) is 7.89. The van der Waals surface area contributed by atoms with Crippen LogP contribution in [0.15, 0.2) is 57.9 Å². The number of carbonyl (C=O) groups is 1. The summed E-state index contributed by atoms with van der Waals surface area (Å²) in [6, 6.07) is 14.1. The van der Waals surface area contributed by atoms with Crippen molar-refractivity contribution in [1.82, 2.24) is 15.2 Å². The van der Waals surface area contributed by atoms with Crippen molar-refractivity contribution in [2.45, 2.75) is 18.7 Å². The molecule has 1 heterocycles. The van der Waals surface area contributed by atoms with Gasteiger partial charge >= 0.3 is 0 Å². The molecule has 1 amide bonds. The normalized spacial score (nSPS) is 11.4. The minimum absolute atomic E-state index is 0.0644. The van der Waals surface area contributed by atoms with Gasteiger partial charge in [0, 0.05) is 10.0 Å². The van der Waals surface area contributed by atoms with Gasteiger partial charge in [-0.1, -0.05) is 46.3 Å². The van der Waals surface area contributed by atoms with Crippen LogP contribution in [-0.2, 0) is 10.0 Å². The largest absolute Gasteiger partial charge is 0.278 e. The number of carbonyl (C=O) groups excluding carboxylic acids is 1. The summed E-state index contributed by atoms with van der Waals surface area (Å²) in [5.41, 5.74) is 4.47. The van der Waals surface area contributed by atoms with E-state index < -0.39 is 15.9 Å². The molecule has 27 heavy (non-hydrogen) atoms. The summed E-state index contributed by atoms with van der Waals surface area (Å²) in [5, 5.41) is 0.699. The van der Waals surface area contributed by atoms with Crippen molar-refractivity contribution >= 4 is 43.2 Å². The van der Waals surface area contributed by atoms with E-state index in [1.165, 1.54) is 23.5 Å². The Hall–Kier alpha value is -2.07. The standard InChI is InChI=1S/C18H16BrN3O3S2/c1-11-10-14(8-9-15(11)19)27(24,25)22-21-17(23)16-12(2)20-18(26-16)13-6-4-3-5-7-13/h3-10,22H,1-2H3,(H,21,23). The number of aryl methyl sites for hydroxylation is 2. The third kappa shape index (κ3) is 4.44. The number of sulfonamides is 1. The fourth-order valence-electron chi connectivity index (χ4n) is 2.32. The summed E-state index contributed by atoms with van der Waals surface area (Å²) in [5.74, 6) is -0.551. The van der Waals surface area contributed by atoms with Gasteiger partial charge in [-0.3, -0.25) is 10.2 Å². The van der Waals surface area contributed by atoms with E-state index in [-0.39, 0.29) is 4.90 Å². The molecule has 0 saturated heterocycles. The summed E-state index contributed by atoms with van der Waals surface area (Å²) in [6.45, 7) is 3.50. The molecule has 0 fully saturated rings. The topological polar surface area (TPSA) is 88.2 Å². The Morgan fingerprint density at radius 2 is 1.81 bits per heavy atom. The van der Waals surface area contributed by atoms with E-state index in [0.717, 1.165) is 15.6 Å². The quantitative estimate of drug-likeness (QED) is 0.560. The first kappa shape index (κ1) is 19.7. The summed E-state index contributed by atoms with van der Waals surface area (Å²) in [7, 11) is -3.88. The first-order valence-corrected chi connectivity index (χ1v) is 11.0. The summed E-state index contributed by atoms with van der Waals surface area (Å²) >= 11 is 4.54. The van der Waals surface area contributed by atoms with Gasteiger partial charge in [-0.15, -0.1) is 16.2 Å². The molecule has 0 bridgehead atoms. The third-order valence-electron chi connectivity index (χ3n) is 3.76. The summed E-state index contributed by atoms with van der Waals surface area (Å²) < 4.78 is 25.6. The van der Waals surface area contributed by atoms with Gasteiger partial charge in [-0.05, 0) is 37.6 Å². The predicted molar refractivity (Wildman–Crippen MR) is 109 cm³/mol. The van der Waals surface area contributed by atoms with Gasteiger partial charge in [-0.2, -0.15) is 0 Å². The molecule has 6 nitrogen and oxygen atoms in total. The Balaban J connectivity index is 1.76. The molecule has 2 N–H and O–H groups in total. The molecule has 1 aromatic heterocycles. The third-order valence-corrected chi connectivity index (χ3v) is 7.10. The first-order chi connectivity index (χ1) is 12.8. The molecule has 3 aromatic rings. The summed E-state index contributed by atoms with van der Waals surface area (Å²) in [6.07, 6.45) is 0. The molecule has 0 aliphatic rings. The maximum absolute atomic E-state index is 12.4. The van der Waals surface area contributed by atoms with Crippen LogP contribution in [0.3, 0.4) is 0 Å². The molecular formula is C18H16BrN3O3S2. The predicted octanol–water partition coefficient (Wildman–Crippen LogP) is 3.81. The number of hydrogen-bond acceptors (Lipinski definition) is 5. The average molecular weight is 466 g/mol. The number of hydrazine groups is 1. The minimum atomic E-state index is -3.88. The van der Waals surface area contributed by atoms with Crippen LogP contribution in [-0.4, -0.2) is 19.3 Å². The number of aromatic nitrogens is 1. The smallest absolute Gasteiger partial charge is 0.273 e. The fourth-order valence-corrected chi connectivity index (χ4v) is 4.46. The van der Waals surface area contributed by atoms with Crippen molar-refractivity contribution in [3.05, 3.63) is 69.1 Å². The molecule has 0 aliphatic carbocycles. The van der Waals surface area contributed by atoms with Crippen LogP contribution in [0, 0.1) is 13.8 Å². The zero-order valence-electron chi connectivity index (χ0n) is 14.5. The maximum Gasteiger partial charge on any atom is 0.278 e. The van der Waals surface area contributed by atoms with Crippen LogP contribution in [0.1, 0.15) is 20.9 Å². The first-order valence-electron chi connectivity index (χ1n) is 7.89. The highest BCUT2D eigenvalue weighted by molar-refractivity contribution is 9.10. The van der Waals surface area contributed by atoms with Gasteiger partial charge in [0.05, 0.1) is 10.6 Å². The van der Waals surface area contributed by atoms with E-state index in [0.29, 0.717) is 15.6 Å². The van der Waals surface area contributed by atoms with E-state index in [2.05, 4.69) is 31.2 Å².